The van der Waals surface area contributed by atoms with Crippen LogP contribution in [0.15, 0.2) is 4.99 Å². The van der Waals surface area contributed by atoms with Gasteiger partial charge < -0.3 is 80.0 Å². The highest BCUT2D eigenvalue weighted by Gasteiger charge is 2.42. The minimum Gasteiger partial charge on any atom is -0.481 e. The third-order valence-corrected chi connectivity index (χ3v) is 12.3. The Morgan fingerprint density at radius 2 is 1.19 bits per heavy atom. The molecule has 8 amide bonds. The Balaban J connectivity index is 2.32. The number of nitrogens with zero attached hydrogens (tertiary/aromatic N) is 3. The van der Waals surface area contributed by atoms with Gasteiger partial charge in [0.05, 0.1) is 12.6 Å². The number of aliphatic hydroxyl groups is 1. The van der Waals surface area contributed by atoms with E-state index < -0.39 is 139 Å². The summed E-state index contributed by atoms with van der Waals surface area (Å²) in [6.45, 7) is 7.90. The van der Waals surface area contributed by atoms with E-state index in [9.17, 15) is 63.3 Å². The van der Waals surface area contributed by atoms with E-state index in [1.807, 2.05) is 6.92 Å². The molecule has 0 saturated carbocycles. The number of carboxylic acids is 2. The molecular weight excluding hydrogens is 919 g/mol. The van der Waals surface area contributed by atoms with Crippen molar-refractivity contribution in [1.82, 2.24) is 41.7 Å². The first-order chi connectivity index (χ1) is 33.0. The molecule has 0 aromatic carbocycles. The number of aliphatic carboxylic acids is 2. The van der Waals surface area contributed by atoms with Gasteiger partial charge in [0.1, 0.15) is 48.3 Å². The van der Waals surface area contributed by atoms with Crippen molar-refractivity contribution < 1.29 is 63.3 Å². The molecule has 2 fully saturated rings. The molecule has 2 rings (SSSR count). The predicted octanol–water partition coefficient (Wildman–Crippen LogP) is -3.95. The number of aliphatic imine (C=N–C) groups is 1. The van der Waals surface area contributed by atoms with Gasteiger partial charge in [-0.2, -0.15) is 0 Å². The van der Waals surface area contributed by atoms with Crippen molar-refractivity contribution in [3.63, 3.8) is 0 Å². The van der Waals surface area contributed by atoms with Gasteiger partial charge >= 0.3 is 11.9 Å². The second-order valence-electron chi connectivity index (χ2n) is 18.2. The summed E-state index contributed by atoms with van der Waals surface area (Å²) in [5.74, 6) is -9.95. The zero-order chi connectivity index (χ0) is 52.8. The van der Waals surface area contributed by atoms with Crippen LogP contribution >= 0.6 is 0 Å². The van der Waals surface area contributed by atoms with Gasteiger partial charge in [-0.1, -0.05) is 34.1 Å². The van der Waals surface area contributed by atoms with E-state index in [-0.39, 0.29) is 63.6 Å². The van der Waals surface area contributed by atoms with Gasteiger partial charge in [0.25, 0.3) is 0 Å². The molecule has 0 radical (unpaired) electrons. The van der Waals surface area contributed by atoms with Crippen LogP contribution in [0.5, 0.6) is 0 Å². The lowest BCUT2D eigenvalue weighted by molar-refractivity contribution is -0.145. The number of amides is 8. The number of hydrogen-bond acceptors (Lipinski definition) is 14. The highest BCUT2D eigenvalue weighted by molar-refractivity contribution is 5.98. The summed E-state index contributed by atoms with van der Waals surface area (Å²) in [7, 11) is 0. The van der Waals surface area contributed by atoms with Gasteiger partial charge in [-0.25, -0.2) is 4.79 Å². The standard InChI is InChI=1S/C44H77N13O13/c1-6-24(4)34(55-35(61)25(5)46)42(68)57-21-11-15-31(57)39(65)54-33(23(2)3)40(66)53-29(22-58)37(63)50-26(13-9-19-49-44(47)48)36(62)51-27(16-17-32(59)60)41(67)56-20-10-14-30(56)38(64)52-28(43(69)70)12-7-8-18-45/h23-31,33-34,58H,6-22,45-46H2,1-5H3,(H,50,63)(H,51,62)(H,52,64)(H,53,66)(H,54,65)(H,55,61)(H,59,60)(H,69,70)(H4,47,48,49)/t24-,25-,26-,27-,28-,29-,30-,31-,33-,34-/m0/s1. The van der Waals surface area contributed by atoms with E-state index in [0.29, 0.717) is 38.6 Å². The van der Waals surface area contributed by atoms with Crippen molar-refractivity contribution in [3.05, 3.63) is 0 Å². The van der Waals surface area contributed by atoms with Crippen LogP contribution in [0.25, 0.3) is 0 Å². The maximum Gasteiger partial charge on any atom is 0.326 e. The summed E-state index contributed by atoms with van der Waals surface area (Å²) in [5, 5.41) is 44.8. The van der Waals surface area contributed by atoms with Gasteiger partial charge in [0.15, 0.2) is 5.96 Å². The van der Waals surface area contributed by atoms with Crippen LogP contribution in [0.1, 0.15) is 112 Å². The molecule has 0 aromatic heterocycles. The van der Waals surface area contributed by atoms with E-state index in [0.717, 1.165) is 4.90 Å². The first-order valence-corrected chi connectivity index (χ1v) is 24.0. The van der Waals surface area contributed by atoms with Crippen LogP contribution in [-0.2, 0) is 47.9 Å². The molecule has 26 nitrogen and oxygen atoms in total. The highest BCUT2D eigenvalue weighted by Crippen LogP contribution is 2.23. The van der Waals surface area contributed by atoms with E-state index in [1.54, 1.807) is 20.8 Å². The molecule has 10 atom stereocenters. The number of rotatable bonds is 30. The van der Waals surface area contributed by atoms with Crippen molar-refractivity contribution in [1.29, 1.82) is 0 Å². The number of carbonyl (C=O) groups is 10. The lowest BCUT2D eigenvalue weighted by Gasteiger charge is -2.33. The maximum atomic E-state index is 14.1. The number of nitrogens with two attached hydrogens (primary N) is 4. The lowest BCUT2D eigenvalue weighted by atomic mass is 9.97. The number of carboxylic acid groups (broad SMARTS) is 2. The maximum absolute atomic E-state index is 14.1. The van der Waals surface area contributed by atoms with Crippen LogP contribution in [0.3, 0.4) is 0 Å². The fourth-order valence-electron chi connectivity index (χ4n) is 8.05. The number of hydrogen-bond donors (Lipinski definition) is 13. The second kappa shape index (κ2) is 29.8. The van der Waals surface area contributed by atoms with Gasteiger partial charge in [0, 0.05) is 26.1 Å². The summed E-state index contributed by atoms with van der Waals surface area (Å²) in [6, 6.07) is -11.3. The number of unbranched alkanes of at least 4 members (excludes halogenated alkanes) is 1. The molecule has 0 unspecified atom stereocenters. The van der Waals surface area contributed by atoms with Gasteiger partial charge in [-0.3, -0.25) is 48.1 Å². The van der Waals surface area contributed by atoms with E-state index in [4.69, 9.17) is 22.9 Å². The average molecular weight is 996 g/mol. The fraction of sp³-hybridized carbons (Fsp3) is 0.750. The number of guanidine groups is 1. The molecule has 2 aliphatic rings. The molecule has 0 spiro atoms. The van der Waals surface area contributed by atoms with Crippen molar-refractivity contribution in [2.45, 2.75) is 166 Å². The smallest absolute Gasteiger partial charge is 0.326 e. The molecule has 0 bridgehead atoms. The normalized spacial score (nSPS) is 19.0. The summed E-state index contributed by atoms with van der Waals surface area (Å²) < 4.78 is 0. The minimum absolute atomic E-state index is 0.0166. The number of carbonyl (C=O) groups excluding carboxylic acids is 8. The molecule has 26 heteroatoms. The minimum atomic E-state index is -1.70. The van der Waals surface area contributed by atoms with Crippen molar-refractivity contribution in [2.75, 3.05) is 32.8 Å². The molecule has 0 aliphatic carbocycles. The Morgan fingerprint density at radius 3 is 1.70 bits per heavy atom. The topological polar surface area (TPSA) is 426 Å². The number of likely N-dealkylation sites (tertiary alicyclic amines) is 2. The largest absolute Gasteiger partial charge is 0.481 e. The quantitative estimate of drug-likeness (QED) is 0.0186. The van der Waals surface area contributed by atoms with Crippen LogP contribution in [-0.4, -0.2) is 177 Å². The Kier molecular flexibility index (Phi) is 25.5. The summed E-state index contributed by atoms with van der Waals surface area (Å²) in [6.07, 6.45) is 1.61. The number of nitrogens with one attached hydrogen (secondary N) is 6. The highest BCUT2D eigenvalue weighted by atomic mass is 16.4. The van der Waals surface area contributed by atoms with Crippen molar-refractivity contribution in [3.8, 4) is 0 Å². The Bertz CT molecular complexity index is 1860. The third-order valence-electron chi connectivity index (χ3n) is 12.3. The number of aliphatic hydroxyl groups excluding tert-OH is 1. The Morgan fingerprint density at radius 1 is 0.643 bits per heavy atom. The van der Waals surface area contributed by atoms with E-state index in [2.05, 4.69) is 36.9 Å². The Labute approximate surface area is 407 Å². The first kappa shape index (κ1) is 60.0. The summed E-state index contributed by atoms with van der Waals surface area (Å²) >= 11 is 0. The molecular formula is C44H77N13O13. The molecule has 70 heavy (non-hydrogen) atoms. The van der Waals surface area contributed by atoms with Gasteiger partial charge in [-0.15, -0.1) is 0 Å². The van der Waals surface area contributed by atoms with Gasteiger partial charge in [-0.05, 0) is 89.5 Å². The molecule has 2 aliphatic heterocycles. The monoisotopic (exact) mass is 996 g/mol. The predicted molar refractivity (Wildman–Crippen MR) is 253 cm³/mol. The SMILES string of the molecule is CC[C@H](C)[C@H](NC(=O)[C@H](C)N)C(=O)N1CCC[C@H]1C(=O)N[C@H](C(=O)N[C@@H](CO)C(=O)N[C@@H](CCCN=C(N)N)C(=O)N[C@@H](CCC(=O)O)C(=O)N1CCC[C@H]1C(=O)N[C@@H](CCCCN)C(=O)O)C(C)C. The van der Waals surface area contributed by atoms with Crippen LogP contribution < -0.4 is 54.8 Å². The van der Waals surface area contributed by atoms with Crippen LogP contribution in [0, 0.1) is 11.8 Å². The summed E-state index contributed by atoms with van der Waals surface area (Å²) in [4.78, 5) is 139. The molecule has 396 valence electrons. The molecule has 2 saturated heterocycles. The zero-order valence-electron chi connectivity index (χ0n) is 40.9. The summed E-state index contributed by atoms with van der Waals surface area (Å²) in [5.41, 5.74) is 22.2. The average Bonchev–Trinajstić information content (AvgIpc) is 4.01. The van der Waals surface area contributed by atoms with E-state index in [1.165, 1.54) is 11.8 Å². The van der Waals surface area contributed by atoms with Crippen LogP contribution in [0.4, 0.5) is 0 Å². The zero-order valence-corrected chi connectivity index (χ0v) is 40.9. The molecule has 17 N–H and O–H groups in total. The van der Waals surface area contributed by atoms with Gasteiger partial charge in [0.2, 0.25) is 47.3 Å². The second-order valence-corrected chi connectivity index (χ2v) is 18.2. The lowest BCUT2D eigenvalue weighted by Crippen LogP contribution is -2.61. The van der Waals surface area contributed by atoms with Crippen molar-refractivity contribution in [2.24, 2.45) is 39.8 Å². The third kappa shape index (κ3) is 18.6. The van der Waals surface area contributed by atoms with Crippen LogP contribution in [0.2, 0.25) is 0 Å². The Hall–Kier alpha value is -6.15. The molecule has 0 aromatic rings. The van der Waals surface area contributed by atoms with E-state index >= 15 is 0 Å². The molecule has 2 heterocycles. The first-order valence-electron chi connectivity index (χ1n) is 24.0. The van der Waals surface area contributed by atoms with Crippen molar-refractivity contribution >= 4 is 65.2 Å². The fourth-order valence-corrected chi connectivity index (χ4v) is 8.05.